The van der Waals surface area contributed by atoms with Gasteiger partial charge in [0.15, 0.2) is 11.2 Å². The molecule has 1 amide bonds. The Labute approximate surface area is 161 Å². The summed E-state index contributed by atoms with van der Waals surface area (Å²) in [6.45, 7) is 4.42. The Hall–Kier alpha value is -2.67. The Morgan fingerprint density at radius 1 is 1.15 bits per heavy atom. The number of rotatable bonds is 4. The summed E-state index contributed by atoms with van der Waals surface area (Å²) >= 11 is 1.48. The number of carbonyl (C=O) groups is 1. The Kier molecular flexibility index (Phi) is 4.94. The first-order valence-corrected chi connectivity index (χ1v) is 9.73. The average molecular weight is 385 g/mol. The predicted molar refractivity (Wildman–Crippen MR) is 105 cm³/mol. The minimum Gasteiger partial charge on any atom is -0.481 e. The number of thiazole rings is 1. The van der Waals surface area contributed by atoms with Crippen LogP contribution < -0.4 is 9.64 Å². The van der Waals surface area contributed by atoms with Crippen LogP contribution in [0.4, 0.5) is 9.52 Å². The topological polar surface area (TPSA) is 45.7 Å². The van der Waals surface area contributed by atoms with Gasteiger partial charge in [0.25, 0.3) is 5.91 Å². The third-order valence-corrected chi connectivity index (χ3v) is 5.68. The molecule has 4 rings (SSSR count). The van der Waals surface area contributed by atoms with Gasteiger partial charge in [-0.1, -0.05) is 29.5 Å². The minimum absolute atomic E-state index is 0.00938. The molecule has 140 valence electrons. The lowest BCUT2D eigenvalue weighted by molar-refractivity contribution is -0.138. The number of para-hydroxylation sites is 1. The van der Waals surface area contributed by atoms with E-state index in [-0.39, 0.29) is 11.7 Å². The van der Waals surface area contributed by atoms with E-state index < -0.39 is 6.10 Å². The zero-order valence-corrected chi connectivity index (χ0v) is 15.8. The molecular weight excluding hydrogens is 365 g/mol. The van der Waals surface area contributed by atoms with E-state index in [4.69, 9.17) is 4.74 Å². The fourth-order valence-corrected chi connectivity index (χ4v) is 4.19. The largest absolute Gasteiger partial charge is 0.481 e. The molecule has 0 N–H and O–H groups in total. The number of hydrogen-bond donors (Lipinski definition) is 0. The molecule has 0 spiro atoms. The normalized spacial score (nSPS) is 15.8. The van der Waals surface area contributed by atoms with E-state index in [1.54, 1.807) is 13.0 Å². The highest BCUT2D eigenvalue weighted by Gasteiger charge is 2.27. The summed E-state index contributed by atoms with van der Waals surface area (Å²) in [5.74, 6) is 0.434. The maximum absolute atomic E-state index is 13.4. The van der Waals surface area contributed by atoms with Crippen LogP contribution >= 0.6 is 11.3 Å². The SMILES string of the molecule is CC(Oc1ccccc1)C(=O)N1CCN(c2nc3ccc(F)cc3s2)CC1. The lowest BCUT2D eigenvalue weighted by Gasteiger charge is -2.35. The van der Waals surface area contributed by atoms with Gasteiger partial charge in [-0.15, -0.1) is 0 Å². The van der Waals surface area contributed by atoms with Gasteiger partial charge in [-0.3, -0.25) is 4.79 Å². The molecule has 1 unspecified atom stereocenters. The number of nitrogens with zero attached hydrogens (tertiary/aromatic N) is 3. The quantitative estimate of drug-likeness (QED) is 0.689. The monoisotopic (exact) mass is 385 g/mol. The first kappa shape index (κ1) is 17.7. The molecule has 1 saturated heterocycles. The third kappa shape index (κ3) is 3.88. The zero-order valence-electron chi connectivity index (χ0n) is 15.0. The number of anilines is 1. The molecule has 3 aromatic rings. The van der Waals surface area contributed by atoms with Crippen molar-refractivity contribution in [1.29, 1.82) is 0 Å². The van der Waals surface area contributed by atoms with Gasteiger partial charge in [0.05, 0.1) is 10.2 Å². The number of aromatic nitrogens is 1. The third-order valence-electron chi connectivity index (χ3n) is 4.60. The van der Waals surface area contributed by atoms with Crippen LogP contribution in [-0.2, 0) is 4.79 Å². The average Bonchev–Trinajstić information content (AvgIpc) is 3.11. The Morgan fingerprint density at radius 2 is 1.89 bits per heavy atom. The molecule has 2 aromatic carbocycles. The Morgan fingerprint density at radius 3 is 2.63 bits per heavy atom. The van der Waals surface area contributed by atoms with Gasteiger partial charge in [-0.05, 0) is 37.3 Å². The fraction of sp³-hybridized carbons (Fsp3) is 0.300. The second-order valence-electron chi connectivity index (χ2n) is 6.49. The molecule has 1 aliphatic heterocycles. The summed E-state index contributed by atoms with van der Waals surface area (Å²) in [5, 5.41) is 0.872. The van der Waals surface area contributed by atoms with E-state index in [9.17, 15) is 9.18 Å². The molecule has 1 aliphatic rings. The van der Waals surface area contributed by atoms with Crippen LogP contribution in [0.2, 0.25) is 0 Å². The molecule has 27 heavy (non-hydrogen) atoms. The van der Waals surface area contributed by atoms with Crippen LogP contribution in [0.3, 0.4) is 0 Å². The molecule has 0 saturated carbocycles. The van der Waals surface area contributed by atoms with E-state index in [2.05, 4.69) is 9.88 Å². The standard InChI is InChI=1S/C20H20FN3O2S/c1-14(26-16-5-3-2-4-6-16)19(25)23-9-11-24(12-10-23)20-22-17-8-7-15(21)13-18(17)27-20/h2-8,13-14H,9-12H2,1H3. The summed E-state index contributed by atoms with van der Waals surface area (Å²) < 4.78 is 20.0. The number of amides is 1. The van der Waals surface area contributed by atoms with Crippen molar-refractivity contribution in [2.75, 3.05) is 31.1 Å². The van der Waals surface area contributed by atoms with Gasteiger partial charge in [0.1, 0.15) is 11.6 Å². The molecule has 1 fully saturated rings. The molecule has 1 aromatic heterocycles. The van der Waals surface area contributed by atoms with Crippen molar-refractivity contribution >= 4 is 32.6 Å². The van der Waals surface area contributed by atoms with Crippen LogP contribution in [0.1, 0.15) is 6.92 Å². The molecule has 5 nitrogen and oxygen atoms in total. The molecule has 0 radical (unpaired) electrons. The number of halogens is 1. The second-order valence-corrected chi connectivity index (χ2v) is 7.50. The fourth-order valence-electron chi connectivity index (χ4n) is 3.15. The first-order valence-electron chi connectivity index (χ1n) is 8.92. The van der Waals surface area contributed by atoms with Crippen molar-refractivity contribution in [1.82, 2.24) is 9.88 Å². The van der Waals surface area contributed by atoms with E-state index in [0.29, 0.717) is 31.9 Å². The summed E-state index contributed by atoms with van der Waals surface area (Å²) in [6.07, 6.45) is -0.524. The van der Waals surface area contributed by atoms with Crippen molar-refractivity contribution in [3.8, 4) is 5.75 Å². The highest BCUT2D eigenvalue weighted by Crippen LogP contribution is 2.30. The van der Waals surface area contributed by atoms with Gasteiger partial charge in [-0.2, -0.15) is 0 Å². The highest BCUT2D eigenvalue weighted by molar-refractivity contribution is 7.22. The maximum Gasteiger partial charge on any atom is 0.263 e. The molecule has 0 bridgehead atoms. The highest BCUT2D eigenvalue weighted by atomic mass is 32.1. The molecule has 1 atom stereocenters. The summed E-state index contributed by atoms with van der Waals surface area (Å²) in [4.78, 5) is 21.2. The van der Waals surface area contributed by atoms with Crippen molar-refractivity contribution < 1.29 is 13.9 Å². The van der Waals surface area contributed by atoms with Gasteiger partial charge in [0, 0.05) is 26.2 Å². The number of hydrogen-bond acceptors (Lipinski definition) is 5. The van der Waals surface area contributed by atoms with Crippen molar-refractivity contribution in [3.63, 3.8) is 0 Å². The first-order chi connectivity index (χ1) is 13.1. The van der Waals surface area contributed by atoms with Crippen LogP contribution in [0.25, 0.3) is 10.2 Å². The lowest BCUT2D eigenvalue weighted by atomic mass is 10.2. The number of ether oxygens (including phenoxy) is 1. The summed E-state index contributed by atoms with van der Waals surface area (Å²) in [7, 11) is 0. The molecule has 7 heteroatoms. The minimum atomic E-state index is -0.524. The lowest BCUT2D eigenvalue weighted by Crippen LogP contribution is -2.52. The Bertz CT molecular complexity index is 939. The Balaban J connectivity index is 1.37. The van der Waals surface area contributed by atoms with Crippen LogP contribution in [0.5, 0.6) is 5.75 Å². The number of benzene rings is 2. The zero-order chi connectivity index (χ0) is 18.8. The van der Waals surface area contributed by atoms with Crippen molar-refractivity contribution in [2.45, 2.75) is 13.0 Å². The maximum atomic E-state index is 13.4. The molecular formula is C20H20FN3O2S. The van der Waals surface area contributed by atoms with E-state index in [0.717, 1.165) is 15.3 Å². The van der Waals surface area contributed by atoms with Gasteiger partial charge in [-0.25, -0.2) is 9.37 Å². The number of fused-ring (bicyclic) bond motifs is 1. The van der Waals surface area contributed by atoms with E-state index >= 15 is 0 Å². The van der Waals surface area contributed by atoms with Gasteiger partial charge >= 0.3 is 0 Å². The van der Waals surface area contributed by atoms with E-state index in [1.165, 1.54) is 23.5 Å². The predicted octanol–water partition coefficient (Wildman–Crippen LogP) is 3.55. The summed E-state index contributed by atoms with van der Waals surface area (Å²) in [6, 6.07) is 14.0. The van der Waals surface area contributed by atoms with Gasteiger partial charge < -0.3 is 14.5 Å². The number of carbonyl (C=O) groups excluding carboxylic acids is 1. The van der Waals surface area contributed by atoms with E-state index in [1.807, 2.05) is 35.2 Å². The molecule has 0 aliphatic carbocycles. The van der Waals surface area contributed by atoms with Crippen LogP contribution in [-0.4, -0.2) is 48.1 Å². The number of piperazine rings is 1. The van der Waals surface area contributed by atoms with Crippen molar-refractivity contribution in [3.05, 3.63) is 54.3 Å². The smallest absolute Gasteiger partial charge is 0.263 e. The van der Waals surface area contributed by atoms with Crippen LogP contribution in [0.15, 0.2) is 48.5 Å². The van der Waals surface area contributed by atoms with Gasteiger partial charge in [0.2, 0.25) is 0 Å². The molecule has 2 heterocycles. The summed E-state index contributed by atoms with van der Waals surface area (Å²) in [5.41, 5.74) is 0.805. The van der Waals surface area contributed by atoms with Crippen molar-refractivity contribution in [2.24, 2.45) is 0 Å². The second kappa shape index (κ2) is 7.52. The van der Waals surface area contributed by atoms with Crippen LogP contribution in [0, 0.1) is 5.82 Å².